The molecule has 0 saturated heterocycles. The molecule has 0 fully saturated rings. The summed E-state index contributed by atoms with van der Waals surface area (Å²) in [5.74, 6) is -3.29. The van der Waals surface area contributed by atoms with Gasteiger partial charge >= 0.3 is 12.4 Å². The number of nitrogens with one attached hydrogen (secondary N) is 1. The van der Waals surface area contributed by atoms with E-state index in [0.717, 1.165) is 13.5 Å². The van der Waals surface area contributed by atoms with Crippen molar-refractivity contribution in [1.29, 1.82) is 0 Å². The minimum atomic E-state index is -5.27. The number of rotatable bonds is 6. The first-order valence-electron chi connectivity index (χ1n) is 5.45. The summed E-state index contributed by atoms with van der Waals surface area (Å²) >= 11 is 0. The Labute approximate surface area is 96.6 Å². The van der Waals surface area contributed by atoms with E-state index in [4.69, 9.17) is 0 Å². The molecule has 0 radical (unpaired) electrons. The van der Waals surface area contributed by atoms with Gasteiger partial charge in [-0.1, -0.05) is 26.2 Å². The highest BCUT2D eigenvalue weighted by Gasteiger charge is 2.59. The van der Waals surface area contributed by atoms with E-state index >= 15 is 0 Å². The summed E-state index contributed by atoms with van der Waals surface area (Å²) in [4.78, 5) is 0. The quantitative estimate of drug-likeness (QED) is 0.567. The average Bonchev–Trinajstić information content (AvgIpc) is 2.12. The van der Waals surface area contributed by atoms with Gasteiger partial charge in [-0.2, -0.15) is 26.3 Å². The zero-order valence-electron chi connectivity index (χ0n) is 9.75. The van der Waals surface area contributed by atoms with E-state index in [1.165, 1.54) is 0 Å². The van der Waals surface area contributed by atoms with E-state index in [1.54, 1.807) is 0 Å². The maximum absolute atomic E-state index is 12.4. The Morgan fingerprint density at radius 3 is 1.71 bits per heavy atom. The molecule has 1 N–H and O–H groups in total. The molecule has 0 aliphatic rings. The standard InChI is InChI=1S/C10H17F6N/c1-3-4-5-6-7(17-2)8(9(11,12)13)10(14,15)16/h7-8,17H,3-6H2,1-2H3. The third-order valence-corrected chi connectivity index (χ3v) is 2.60. The number of unbranched alkanes of at least 4 members (excludes halogenated alkanes) is 2. The van der Waals surface area contributed by atoms with Gasteiger partial charge in [0, 0.05) is 6.04 Å². The van der Waals surface area contributed by atoms with Crippen molar-refractivity contribution in [1.82, 2.24) is 5.32 Å². The van der Waals surface area contributed by atoms with E-state index in [1.807, 2.05) is 6.92 Å². The molecule has 0 aromatic rings. The van der Waals surface area contributed by atoms with Crippen LogP contribution in [0.25, 0.3) is 0 Å². The molecule has 0 amide bonds. The Hall–Kier alpha value is -0.460. The molecule has 1 nitrogen and oxygen atoms in total. The van der Waals surface area contributed by atoms with Crippen molar-refractivity contribution in [2.45, 2.75) is 51.0 Å². The van der Waals surface area contributed by atoms with Crippen LogP contribution in [0.1, 0.15) is 32.6 Å². The molecule has 0 aromatic heterocycles. The largest absolute Gasteiger partial charge is 0.401 e. The minimum Gasteiger partial charge on any atom is -0.316 e. The molecule has 104 valence electrons. The maximum Gasteiger partial charge on any atom is 0.401 e. The Morgan fingerprint density at radius 1 is 0.941 bits per heavy atom. The average molecular weight is 265 g/mol. The van der Waals surface area contributed by atoms with E-state index in [0.29, 0.717) is 12.8 Å². The smallest absolute Gasteiger partial charge is 0.316 e. The molecule has 0 aliphatic heterocycles. The van der Waals surface area contributed by atoms with Crippen LogP contribution in [0.4, 0.5) is 26.3 Å². The van der Waals surface area contributed by atoms with Gasteiger partial charge in [0.15, 0.2) is 5.92 Å². The molecular formula is C10H17F6N. The number of halogens is 6. The van der Waals surface area contributed by atoms with E-state index < -0.39 is 24.3 Å². The van der Waals surface area contributed by atoms with Crippen molar-refractivity contribution >= 4 is 0 Å². The van der Waals surface area contributed by atoms with Gasteiger partial charge < -0.3 is 5.32 Å². The van der Waals surface area contributed by atoms with Gasteiger partial charge in [0.05, 0.1) is 0 Å². The number of hydrogen-bond donors (Lipinski definition) is 1. The summed E-state index contributed by atoms with van der Waals surface area (Å²) in [5, 5.41) is 2.13. The lowest BCUT2D eigenvalue weighted by Gasteiger charge is -2.30. The van der Waals surface area contributed by atoms with Gasteiger partial charge in [0.2, 0.25) is 0 Å². The fourth-order valence-electron chi connectivity index (χ4n) is 1.73. The van der Waals surface area contributed by atoms with Crippen LogP contribution < -0.4 is 5.32 Å². The molecular weight excluding hydrogens is 248 g/mol. The van der Waals surface area contributed by atoms with Crippen LogP contribution >= 0.6 is 0 Å². The van der Waals surface area contributed by atoms with Crippen LogP contribution in [0.15, 0.2) is 0 Å². The number of hydrogen-bond acceptors (Lipinski definition) is 1. The lowest BCUT2D eigenvalue weighted by Crippen LogP contribution is -2.50. The fraction of sp³-hybridized carbons (Fsp3) is 1.00. The molecule has 0 bridgehead atoms. The minimum absolute atomic E-state index is 0.131. The summed E-state index contributed by atoms with van der Waals surface area (Å²) in [6, 6.07) is -1.61. The lowest BCUT2D eigenvalue weighted by molar-refractivity contribution is -0.291. The number of alkyl halides is 6. The molecule has 0 spiro atoms. The monoisotopic (exact) mass is 265 g/mol. The molecule has 0 rings (SSSR count). The molecule has 0 saturated carbocycles. The van der Waals surface area contributed by atoms with Crippen molar-refractivity contribution < 1.29 is 26.3 Å². The van der Waals surface area contributed by atoms with Crippen molar-refractivity contribution in [3.63, 3.8) is 0 Å². The second-order valence-corrected chi connectivity index (χ2v) is 3.95. The van der Waals surface area contributed by atoms with E-state index in [9.17, 15) is 26.3 Å². The second kappa shape index (κ2) is 6.47. The van der Waals surface area contributed by atoms with Crippen molar-refractivity contribution in [2.75, 3.05) is 7.05 Å². The van der Waals surface area contributed by atoms with Crippen LogP contribution in [0.5, 0.6) is 0 Å². The van der Waals surface area contributed by atoms with Crippen LogP contribution in [-0.2, 0) is 0 Å². The summed E-state index contributed by atoms with van der Waals surface area (Å²) in [7, 11) is 1.13. The van der Waals surface area contributed by atoms with Gasteiger partial charge in [-0.15, -0.1) is 0 Å². The summed E-state index contributed by atoms with van der Waals surface area (Å²) in [5.41, 5.74) is 0. The highest BCUT2D eigenvalue weighted by Crippen LogP contribution is 2.42. The summed E-state index contributed by atoms with van der Waals surface area (Å²) in [6.07, 6.45) is -8.94. The van der Waals surface area contributed by atoms with Crippen molar-refractivity contribution in [3.8, 4) is 0 Å². The highest BCUT2D eigenvalue weighted by molar-refractivity contribution is 4.86. The first-order valence-corrected chi connectivity index (χ1v) is 5.45. The predicted octanol–water partition coefficient (Wildman–Crippen LogP) is 3.90. The molecule has 0 aliphatic carbocycles. The first kappa shape index (κ1) is 16.5. The van der Waals surface area contributed by atoms with Crippen LogP contribution in [0.2, 0.25) is 0 Å². The van der Waals surface area contributed by atoms with Gasteiger partial charge in [-0.05, 0) is 13.5 Å². The topological polar surface area (TPSA) is 12.0 Å². The second-order valence-electron chi connectivity index (χ2n) is 3.95. The molecule has 7 heteroatoms. The third kappa shape index (κ3) is 5.61. The van der Waals surface area contributed by atoms with Gasteiger partial charge in [-0.25, -0.2) is 0 Å². The Bertz CT molecular complexity index is 196. The first-order chi connectivity index (χ1) is 7.64. The van der Waals surface area contributed by atoms with Crippen LogP contribution in [0, 0.1) is 5.92 Å². The summed E-state index contributed by atoms with van der Waals surface area (Å²) < 4.78 is 74.4. The normalized spacial score (nSPS) is 15.4. The summed E-state index contributed by atoms with van der Waals surface area (Å²) in [6.45, 7) is 1.83. The van der Waals surface area contributed by atoms with E-state index in [2.05, 4.69) is 5.32 Å². The van der Waals surface area contributed by atoms with Crippen molar-refractivity contribution in [3.05, 3.63) is 0 Å². The lowest BCUT2D eigenvalue weighted by atomic mass is 9.93. The molecule has 1 atom stereocenters. The van der Waals surface area contributed by atoms with E-state index in [-0.39, 0.29) is 6.42 Å². The zero-order valence-corrected chi connectivity index (χ0v) is 9.75. The Kier molecular flexibility index (Phi) is 6.29. The maximum atomic E-state index is 12.4. The fourth-order valence-corrected chi connectivity index (χ4v) is 1.73. The Balaban J connectivity index is 4.75. The Morgan fingerprint density at radius 2 is 1.41 bits per heavy atom. The highest BCUT2D eigenvalue weighted by atomic mass is 19.4. The SMILES string of the molecule is CCCCCC(NC)C(C(F)(F)F)C(F)(F)F. The third-order valence-electron chi connectivity index (χ3n) is 2.60. The predicted molar refractivity (Wildman–Crippen MR) is 52.6 cm³/mol. The van der Waals surface area contributed by atoms with Crippen LogP contribution in [-0.4, -0.2) is 25.4 Å². The van der Waals surface area contributed by atoms with Gasteiger partial charge in [0.1, 0.15) is 0 Å². The van der Waals surface area contributed by atoms with Gasteiger partial charge in [-0.3, -0.25) is 0 Å². The molecule has 0 aromatic carbocycles. The molecule has 1 unspecified atom stereocenters. The van der Waals surface area contributed by atoms with Crippen LogP contribution in [0.3, 0.4) is 0 Å². The molecule has 17 heavy (non-hydrogen) atoms. The van der Waals surface area contributed by atoms with Crippen molar-refractivity contribution in [2.24, 2.45) is 5.92 Å². The van der Waals surface area contributed by atoms with Gasteiger partial charge in [0.25, 0.3) is 0 Å². The molecule has 0 heterocycles. The zero-order chi connectivity index (χ0) is 13.7.